The number of nitrogens with zero attached hydrogens (tertiary/aromatic N) is 4. The van der Waals surface area contributed by atoms with E-state index in [1.54, 1.807) is 43.5 Å². The molecule has 0 aliphatic carbocycles. The first kappa shape index (κ1) is 17.6. The molecule has 26 heavy (non-hydrogen) atoms. The Hall–Kier alpha value is -3.23. The van der Waals surface area contributed by atoms with Crippen LogP contribution in [0.2, 0.25) is 0 Å². The highest BCUT2D eigenvalue weighted by Gasteiger charge is 2.37. The van der Waals surface area contributed by atoms with Crippen LogP contribution < -0.4 is 5.43 Å². The van der Waals surface area contributed by atoms with E-state index in [1.165, 1.54) is 12.1 Å². The molecule has 0 unspecified atom stereocenters. The molecule has 9 heteroatoms. The van der Waals surface area contributed by atoms with Gasteiger partial charge in [0.15, 0.2) is 0 Å². The number of hydrogen-bond donors (Lipinski definition) is 1. The van der Waals surface area contributed by atoms with Crippen molar-refractivity contribution in [2.45, 2.75) is 19.6 Å². The van der Waals surface area contributed by atoms with Crippen molar-refractivity contribution in [3.63, 3.8) is 0 Å². The molecule has 0 saturated heterocycles. The zero-order chi connectivity index (χ0) is 18.7. The Labute approximate surface area is 146 Å². The van der Waals surface area contributed by atoms with Crippen molar-refractivity contribution in [1.82, 2.24) is 20.0 Å². The number of para-hydroxylation sites is 2. The van der Waals surface area contributed by atoms with Gasteiger partial charge in [-0.3, -0.25) is 9.78 Å². The van der Waals surface area contributed by atoms with E-state index < -0.39 is 24.5 Å². The molecule has 0 aliphatic rings. The molecular weight excluding hydrogens is 347 g/mol. The fourth-order valence-electron chi connectivity index (χ4n) is 2.41. The molecule has 0 saturated carbocycles. The van der Waals surface area contributed by atoms with Crippen LogP contribution in [-0.2, 0) is 17.5 Å². The van der Waals surface area contributed by atoms with E-state index in [-0.39, 0.29) is 11.0 Å². The van der Waals surface area contributed by atoms with Gasteiger partial charge in [0.1, 0.15) is 6.54 Å². The lowest BCUT2D eigenvalue weighted by Gasteiger charge is -2.10. The number of hydrazone groups is 1. The number of benzene rings is 1. The summed E-state index contributed by atoms with van der Waals surface area (Å²) >= 11 is 0. The van der Waals surface area contributed by atoms with Crippen LogP contribution in [0.5, 0.6) is 0 Å². The number of aromatic nitrogens is 3. The van der Waals surface area contributed by atoms with Crippen molar-refractivity contribution >= 4 is 22.7 Å². The molecule has 0 aliphatic heterocycles. The number of rotatable bonds is 4. The van der Waals surface area contributed by atoms with Crippen LogP contribution in [0.1, 0.15) is 18.4 Å². The van der Waals surface area contributed by atoms with Crippen molar-refractivity contribution in [2.24, 2.45) is 5.10 Å². The lowest BCUT2D eigenvalue weighted by Crippen LogP contribution is -2.27. The molecule has 1 amide bonds. The molecule has 2 aromatic heterocycles. The minimum absolute atomic E-state index is 0.167. The zero-order valence-corrected chi connectivity index (χ0v) is 13.7. The Bertz CT molecular complexity index is 963. The fraction of sp³-hybridized carbons (Fsp3) is 0.176. The number of nitrogens with one attached hydrogen (secondary N) is 1. The van der Waals surface area contributed by atoms with Gasteiger partial charge < -0.3 is 4.57 Å². The van der Waals surface area contributed by atoms with Gasteiger partial charge in [-0.05, 0) is 31.2 Å². The molecule has 2 heterocycles. The monoisotopic (exact) mass is 361 g/mol. The number of pyridine rings is 1. The second kappa shape index (κ2) is 6.95. The highest BCUT2D eigenvalue weighted by Crippen LogP contribution is 2.31. The van der Waals surface area contributed by atoms with Crippen LogP contribution in [0, 0.1) is 0 Å². The number of amides is 1. The maximum atomic E-state index is 13.2. The zero-order valence-electron chi connectivity index (χ0n) is 13.7. The summed E-state index contributed by atoms with van der Waals surface area (Å²) in [6.07, 6.45) is -3.10. The van der Waals surface area contributed by atoms with E-state index in [0.29, 0.717) is 11.4 Å². The number of hydrogen-bond acceptors (Lipinski definition) is 4. The first-order chi connectivity index (χ1) is 12.4. The van der Waals surface area contributed by atoms with E-state index >= 15 is 0 Å². The average Bonchev–Trinajstić information content (AvgIpc) is 2.99. The normalized spacial score (nSPS) is 12.4. The summed E-state index contributed by atoms with van der Waals surface area (Å²) < 4.78 is 40.5. The Balaban J connectivity index is 1.83. The quantitative estimate of drug-likeness (QED) is 0.574. The van der Waals surface area contributed by atoms with Gasteiger partial charge in [0.2, 0.25) is 5.82 Å². The van der Waals surface area contributed by atoms with Crippen LogP contribution in [0.15, 0.2) is 53.8 Å². The minimum Gasteiger partial charge on any atom is -0.311 e. The van der Waals surface area contributed by atoms with E-state index in [2.05, 4.69) is 20.5 Å². The first-order valence-electron chi connectivity index (χ1n) is 7.63. The molecular formula is C17H14F3N5O. The van der Waals surface area contributed by atoms with Crippen LogP contribution in [0.3, 0.4) is 0 Å². The molecule has 3 aromatic rings. The summed E-state index contributed by atoms with van der Waals surface area (Å²) in [5.41, 5.74) is 3.63. The van der Waals surface area contributed by atoms with Crippen molar-refractivity contribution in [2.75, 3.05) is 0 Å². The summed E-state index contributed by atoms with van der Waals surface area (Å²) in [5.74, 6) is -1.83. The molecule has 3 rings (SSSR count). The van der Waals surface area contributed by atoms with Gasteiger partial charge in [0, 0.05) is 6.20 Å². The Kier molecular flexibility index (Phi) is 4.70. The van der Waals surface area contributed by atoms with E-state index in [9.17, 15) is 18.0 Å². The molecule has 0 fully saturated rings. The van der Waals surface area contributed by atoms with Crippen molar-refractivity contribution in [1.29, 1.82) is 0 Å². The summed E-state index contributed by atoms with van der Waals surface area (Å²) in [7, 11) is 0. The standard InChI is InChI=1S/C17H14F3N5O/c1-11(12-6-4-5-9-21-12)23-24-15(26)10-25-14-8-3-2-7-13(14)22-16(25)17(18,19)20/h2-9H,10H2,1H3,(H,24,26)/b23-11-. The van der Waals surface area contributed by atoms with Crippen LogP contribution in [0.25, 0.3) is 11.0 Å². The highest BCUT2D eigenvalue weighted by atomic mass is 19.4. The topological polar surface area (TPSA) is 72.2 Å². The van der Waals surface area contributed by atoms with E-state index in [0.717, 1.165) is 4.57 Å². The van der Waals surface area contributed by atoms with Gasteiger partial charge in [0.05, 0.1) is 22.4 Å². The van der Waals surface area contributed by atoms with Crippen LogP contribution in [-0.4, -0.2) is 26.2 Å². The molecule has 0 spiro atoms. The number of carbonyl (C=O) groups is 1. The third kappa shape index (κ3) is 3.71. The third-order valence-corrected chi connectivity index (χ3v) is 3.59. The second-order valence-corrected chi connectivity index (χ2v) is 5.46. The maximum absolute atomic E-state index is 13.2. The number of fused-ring (bicyclic) bond motifs is 1. The van der Waals surface area contributed by atoms with Gasteiger partial charge in [0.25, 0.3) is 5.91 Å². The lowest BCUT2D eigenvalue weighted by atomic mass is 10.3. The predicted octanol–water partition coefficient (Wildman–Crippen LogP) is 2.99. The minimum atomic E-state index is -4.67. The summed E-state index contributed by atoms with van der Waals surface area (Å²) in [4.78, 5) is 19.8. The molecule has 0 atom stereocenters. The molecule has 6 nitrogen and oxygen atoms in total. The molecule has 0 bridgehead atoms. The smallest absolute Gasteiger partial charge is 0.311 e. The van der Waals surface area contributed by atoms with E-state index in [4.69, 9.17) is 0 Å². The van der Waals surface area contributed by atoms with Gasteiger partial charge >= 0.3 is 6.18 Å². The van der Waals surface area contributed by atoms with Gasteiger partial charge in [-0.15, -0.1) is 0 Å². The second-order valence-electron chi connectivity index (χ2n) is 5.46. The van der Waals surface area contributed by atoms with Crippen molar-refractivity contribution in [3.05, 3.63) is 60.2 Å². The summed E-state index contributed by atoms with van der Waals surface area (Å²) in [6, 6.07) is 11.3. The average molecular weight is 361 g/mol. The van der Waals surface area contributed by atoms with Gasteiger partial charge in [-0.1, -0.05) is 18.2 Å². The first-order valence-corrected chi connectivity index (χ1v) is 7.63. The fourth-order valence-corrected chi connectivity index (χ4v) is 2.41. The number of imidazole rings is 1. The third-order valence-electron chi connectivity index (χ3n) is 3.59. The summed E-state index contributed by atoms with van der Waals surface area (Å²) in [6.45, 7) is 1.07. The molecule has 1 aromatic carbocycles. The number of halogens is 3. The molecule has 0 radical (unpaired) electrons. The molecule has 1 N–H and O–H groups in total. The Morgan fingerprint density at radius 2 is 1.92 bits per heavy atom. The van der Waals surface area contributed by atoms with Gasteiger partial charge in [-0.2, -0.15) is 18.3 Å². The Morgan fingerprint density at radius 3 is 2.62 bits per heavy atom. The predicted molar refractivity (Wildman–Crippen MR) is 89.3 cm³/mol. The van der Waals surface area contributed by atoms with Crippen molar-refractivity contribution < 1.29 is 18.0 Å². The molecule has 134 valence electrons. The van der Waals surface area contributed by atoms with Gasteiger partial charge in [-0.25, -0.2) is 10.4 Å². The largest absolute Gasteiger partial charge is 0.449 e. The Morgan fingerprint density at radius 1 is 1.19 bits per heavy atom. The van der Waals surface area contributed by atoms with Crippen LogP contribution >= 0.6 is 0 Å². The van der Waals surface area contributed by atoms with E-state index in [1.807, 2.05) is 0 Å². The number of carbonyl (C=O) groups excluding carboxylic acids is 1. The van der Waals surface area contributed by atoms with Crippen LogP contribution in [0.4, 0.5) is 13.2 Å². The summed E-state index contributed by atoms with van der Waals surface area (Å²) in [5, 5.41) is 3.89. The lowest BCUT2D eigenvalue weighted by molar-refractivity contribution is -0.147. The maximum Gasteiger partial charge on any atom is 0.449 e. The SMILES string of the molecule is C/C(=N/NC(=O)Cn1c(C(F)(F)F)nc2ccccc21)c1ccccn1. The van der Waals surface area contributed by atoms with Crippen molar-refractivity contribution in [3.8, 4) is 0 Å². The number of alkyl halides is 3. The highest BCUT2D eigenvalue weighted by molar-refractivity contribution is 5.97.